The number of aliphatic hydroxyl groups is 1. The average Bonchev–Trinajstić information content (AvgIpc) is 2.59. The van der Waals surface area contributed by atoms with Crippen LogP contribution in [0.3, 0.4) is 0 Å². The molecule has 3 saturated heterocycles. The van der Waals surface area contributed by atoms with E-state index < -0.39 is 0 Å². The van der Waals surface area contributed by atoms with Crippen LogP contribution in [0.25, 0.3) is 0 Å². The maximum atomic E-state index is 10.3. The molecule has 1 unspecified atom stereocenters. The molecule has 1 aromatic rings. The number of ether oxygens (including phenoxy) is 2. The Hall–Kier alpha value is -1.47. The molecule has 0 saturated carbocycles. The standard InChI is InChI=1S/C16H27N4O3/c1-3-9-22-15-17-14(18-16(19-15)23-10-4-2)20-7-5-12(6-8-20)13(21)11-20/h12-13,21H,3-11H2,1-2H3/q+1. The average molecular weight is 323 g/mol. The summed E-state index contributed by atoms with van der Waals surface area (Å²) in [5.41, 5.74) is 0. The third-order valence-corrected chi connectivity index (χ3v) is 4.81. The number of hydrogen-bond acceptors (Lipinski definition) is 6. The normalized spacial score (nSPS) is 29.5. The molecule has 3 fully saturated rings. The number of quaternary nitrogens is 1. The minimum atomic E-state index is -0.269. The molecule has 0 amide bonds. The van der Waals surface area contributed by atoms with Crippen LogP contribution in [-0.4, -0.2) is 59.0 Å². The van der Waals surface area contributed by atoms with Crippen LogP contribution in [0, 0.1) is 5.92 Å². The summed E-state index contributed by atoms with van der Waals surface area (Å²) in [6.45, 7) is 7.84. The number of hydrogen-bond donors (Lipinski definition) is 1. The molecule has 4 heterocycles. The summed E-state index contributed by atoms with van der Waals surface area (Å²) in [5, 5.41) is 10.3. The van der Waals surface area contributed by atoms with E-state index in [0.717, 1.165) is 38.8 Å². The Labute approximate surface area is 137 Å². The van der Waals surface area contributed by atoms with Gasteiger partial charge >= 0.3 is 18.0 Å². The van der Waals surface area contributed by atoms with E-state index in [1.165, 1.54) is 0 Å². The first-order chi connectivity index (χ1) is 11.2. The predicted molar refractivity (Wildman–Crippen MR) is 86.5 cm³/mol. The lowest BCUT2D eigenvalue weighted by molar-refractivity contribution is -0.0227. The zero-order valence-electron chi connectivity index (χ0n) is 14.1. The Morgan fingerprint density at radius 2 is 1.57 bits per heavy atom. The van der Waals surface area contributed by atoms with Gasteiger partial charge in [0, 0.05) is 18.8 Å². The molecular weight excluding hydrogens is 296 g/mol. The lowest BCUT2D eigenvalue weighted by Gasteiger charge is -2.48. The highest BCUT2D eigenvalue weighted by Gasteiger charge is 2.49. The fraction of sp³-hybridized carbons (Fsp3) is 0.812. The SMILES string of the molecule is CCCOc1nc(OCCC)nc([N+]23CCC(CC2)C(O)C3)n1. The van der Waals surface area contributed by atoms with E-state index in [2.05, 4.69) is 15.0 Å². The van der Waals surface area contributed by atoms with Crippen LogP contribution in [0.15, 0.2) is 0 Å². The topological polar surface area (TPSA) is 77.4 Å². The maximum Gasteiger partial charge on any atom is 0.338 e. The Morgan fingerprint density at radius 1 is 1.00 bits per heavy atom. The smallest absolute Gasteiger partial charge is 0.338 e. The number of rotatable bonds is 7. The Balaban J connectivity index is 1.89. The van der Waals surface area contributed by atoms with E-state index in [4.69, 9.17) is 9.47 Å². The summed E-state index contributed by atoms with van der Waals surface area (Å²) >= 11 is 0. The van der Waals surface area contributed by atoms with Crippen LogP contribution >= 0.6 is 0 Å². The highest BCUT2D eigenvalue weighted by molar-refractivity contribution is 5.31. The molecular formula is C16H27N4O3+. The van der Waals surface area contributed by atoms with Gasteiger partial charge in [-0.1, -0.05) is 13.8 Å². The van der Waals surface area contributed by atoms with Crippen LogP contribution in [0.2, 0.25) is 0 Å². The Bertz CT molecular complexity index is 506. The van der Waals surface area contributed by atoms with E-state index in [9.17, 15) is 5.11 Å². The van der Waals surface area contributed by atoms with Gasteiger partial charge < -0.3 is 14.6 Å². The molecule has 7 nitrogen and oxygen atoms in total. The number of aliphatic hydroxyl groups excluding tert-OH is 1. The molecule has 4 rings (SSSR count). The van der Waals surface area contributed by atoms with E-state index in [1.54, 1.807) is 0 Å². The van der Waals surface area contributed by atoms with Crippen molar-refractivity contribution in [1.82, 2.24) is 19.4 Å². The van der Waals surface area contributed by atoms with Gasteiger partial charge in [-0.25, -0.2) is 0 Å². The molecule has 23 heavy (non-hydrogen) atoms. The van der Waals surface area contributed by atoms with Crippen molar-refractivity contribution in [2.75, 3.05) is 32.8 Å². The fourth-order valence-electron chi connectivity index (χ4n) is 3.49. The van der Waals surface area contributed by atoms with Crippen molar-refractivity contribution in [2.45, 2.75) is 45.6 Å². The molecule has 0 radical (unpaired) electrons. The Kier molecular flexibility index (Phi) is 4.96. The lowest BCUT2D eigenvalue weighted by Crippen LogP contribution is -2.65. The molecule has 128 valence electrons. The van der Waals surface area contributed by atoms with Gasteiger partial charge in [0.25, 0.3) is 0 Å². The zero-order chi connectivity index (χ0) is 16.3. The monoisotopic (exact) mass is 323 g/mol. The van der Waals surface area contributed by atoms with Crippen LogP contribution in [0.4, 0.5) is 5.95 Å². The van der Waals surface area contributed by atoms with Gasteiger partial charge in [-0.2, -0.15) is 0 Å². The number of piperidine rings is 3. The van der Waals surface area contributed by atoms with Crippen LogP contribution < -0.4 is 14.0 Å². The van der Waals surface area contributed by atoms with Crippen LogP contribution in [0.1, 0.15) is 39.5 Å². The van der Waals surface area contributed by atoms with Gasteiger partial charge in [0.05, 0.1) is 26.3 Å². The third-order valence-electron chi connectivity index (χ3n) is 4.81. The first-order valence-corrected chi connectivity index (χ1v) is 8.73. The fourth-order valence-corrected chi connectivity index (χ4v) is 3.49. The number of aromatic nitrogens is 3. The van der Waals surface area contributed by atoms with Gasteiger partial charge in [-0.05, 0) is 12.8 Å². The maximum absolute atomic E-state index is 10.3. The summed E-state index contributed by atoms with van der Waals surface area (Å²) in [5.74, 6) is 1.11. The second kappa shape index (κ2) is 6.97. The summed E-state index contributed by atoms with van der Waals surface area (Å²) < 4.78 is 11.9. The van der Waals surface area contributed by atoms with Crippen molar-refractivity contribution in [3.8, 4) is 12.0 Å². The van der Waals surface area contributed by atoms with Gasteiger partial charge in [-0.15, -0.1) is 15.0 Å². The van der Waals surface area contributed by atoms with E-state index >= 15 is 0 Å². The molecule has 0 spiro atoms. The Morgan fingerprint density at radius 3 is 2.04 bits per heavy atom. The van der Waals surface area contributed by atoms with Gasteiger partial charge in [0.1, 0.15) is 12.6 Å². The molecule has 1 aromatic heterocycles. The summed E-state index contributed by atoms with van der Waals surface area (Å²) in [4.78, 5) is 13.3. The molecule has 0 aliphatic carbocycles. The number of nitrogens with zero attached hydrogens (tertiary/aromatic N) is 4. The highest BCUT2D eigenvalue weighted by Crippen LogP contribution is 2.37. The largest absolute Gasteiger partial charge is 0.463 e. The molecule has 3 aliphatic heterocycles. The first kappa shape index (κ1) is 16.4. The minimum absolute atomic E-state index is 0.269. The summed E-state index contributed by atoms with van der Waals surface area (Å²) in [7, 11) is 0. The predicted octanol–water partition coefficient (Wildman–Crippen LogP) is 1.54. The molecule has 3 aliphatic rings. The van der Waals surface area contributed by atoms with Crippen molar-refractivity contribution in [2.24, 2.45) is 5.92 Å². The quantitative estimate of drug-likeness (QED) is 0.767. The van der Waals surface area contributed by atoms with Gasteiger partial charge in [0.15, 0.2) is 0 Å². The lowest BCUT2D eigenvalue weighted by atomic mass is 9.84. The summed E-state index contributed by atoms with van der Waals surface area (Å²) in [6, 6.07) is 0.662. The van der Waals surface area contributed by atoms with E-state index in [1.807, 2.05) is 13.8 Å². The molecule has 0 aromatic carbocycles. The minimum Gasteiger partial charge on any atom is -0.463 e. The van der Waals surface area contributed by atoms with Crippen LogP contribution in [0.5, 0.6) is 12.0 Å². The summed E-state index contributed by atoms with van der Waals surface area (Å²) in [6.07, 6.45) is 3.56. The molecule has 1 N–H and O–H groups in total. The number of fused-ring (bicyclic) bond motifs is 3. The zero-order valence-corrected chi connectivity index (χ0v) is 14.1. The van der Waals surface area contributed by atoms with E-state index in [0.29, 0.717) is 48.1 Å². The second-order valence-electron chi connectivity index (χ2n) is 6.58. The van der Waals surface area contributed by atoms with Crippen molar-refractivity contribution >= 4 is 5.95 Å². The molecule has 2 bridgehead atoms. The van der Waals surface area contributed by atoms with Crippen molar-refractivity contribution in [1.29, 1.82) is 0 Å². The highest BCUT2D eigenvalue weighted by atomic mass is 16.5. The van der Waals surface area contributed by atoms with Crippen LogP contribution in [-0.2, 0) is 0 Å². The van der Waals surface area contributed by atoms with Gasteiger partial charge in [-0.3, -0.25) is 4.48 Å². The second-order valence-corrected chi connectivity index (χ2v) is 6.58. The van der Waals surface area contributed by atoms with Crippen molar-refractivity contribution < 1.29 is 14.6 Å². The molecule has 1 atom stereocenters. The molecule has 7 heteroatoms. The van der Waals surface area contributed by atoms with Gasteiger partial charge in [0.2, 0.25) is 0 Å². The van der Waals surface area contributed by atoms with Crippen molar-refractivity contribution in [3.63, 3.8) is 0 Å². The van der Waals surface area contributed by atoms with Crippen molar-refractivity contribution in [3.05, 3.63) is 0 Å². The third kappa shape index (κ3) is 3.40. The first-order valence-electron chi connectivity index (χ1n) is 8.73. The van der Waals surface area contributed by atoms with E-state index in [-0.39, 0.29) is 6.10 Å².